The predicted octanol–water partition coefficient (Wildman–Crippen LogP) is 5.24. The van der Waals surface area contributed by atoms with Crippen LogP contribution < -0.4 is 5.32 Å². The van der Waals surface area contributed by atoms with Gasteiger partial charge in [0.15, 0.2) is 0 Å². The van der Waals surface area contributed by atoms with Crippen LogP contribution in [-0.2, 0) is 9.47 Å². The summed E-state index contributed by atoms with van der Waals surface area (Å²) in [4.78, 5) is 16.6. The Hall–Kier alpha value is -2.66. The summed E-state index contributed by atoms with van der Waals surface area (Å²) in [5.74, 6) is 0.809. The molecule has 5 atom stereocenters. The minimum Gasteiger partial charge on any atom is -0.449 e. The Morgan fingerprint density at radius 3 is 2.76 bits per heavy atom. The van der Waals surface area contributed by atoms with Crippen molar-refractivity contribution in [1.82, 2.24) is 4.98 Å². The van der Waals surface area contributed by atoms with E-state index in [1.54, 1.807) is 6.20 Å². The van der Waals surface area contributed by atoms with Gasteiger partial charge in [-0.3, -0.25) is 10.3 Å². The zero-order chi connectivity index (χ0) is 20.4. The molecule has 0 unspecified atom stereocenters. The van der Waals surface area contributed by atoms with Crippen molar-refractivity contribution in [1.29, 1.82) is 0 Å². The van der Waals surface area contributed by atoms with Crippen molar-refractivity contribution in [3.8, 4) is 0 Å². The lowest BCUT2D eigenvalue weighted by Crippen LogP contribution is -2.54. The van der Waals surface area contributed by atoms with Crippen LogP contribution in [0, 0.1) is 23.2 Å². The summed E-state index contributed by atoms with van der Waals surface area (Å²) in [6.45, 7) is 7.52. The molecule has 0 spiro atoms. The summed E-state index contributed by atoms with van der Waals surface area (Å²) in [5.41, 5.74) is 2.92. The summed E-state index contributed by atoms with van der Waals surface area (Å²) in [5, 5.41) is 2.80. The number of amides is 1. The molecule has 29 heavy (non-hydrogen) atoms. The molecule has 2 heterocycles. The molecule has 0 radical (unpaired) electrons. The van der Waals surface area contributed by atoms with Crippen LogP contribution in [0.2, 0.25) is 0 Å². The Bertz CT molecular complexity index is 884. The van der Waals surface area contributed by atoms with E-state index in [1.165, 1.54) is 5.57 Å². The topological polar surface area (TPSA) is 60.5 Å². The van der Waals surface area contributed by atoms with E-state index in [0.29, 0.717) is 19.1 Å². The number of nitrogens with one attached hydrogen (secondary N) is 1. The number of anilines is 1. The molecule has 1 fully saturated rings. The summed E-state index contributed by atoms with van der Waals surface area (Å²) in [6.07, 6.45) is 5.55. The third kappa shape index (κ3) is 3.67. The molecule has 4 rings (SSSR count). The van der Waals surface area contributed by atoms with Crippen LogP contribution in [-0.4, -0.2) is 24.3 Å². The number of ether oxygens (including phenoxy) is 2. The van der Waals surface area contributed by atoms with E-state index in [4.69, 9.17) is 9.47 Å². The number of hydrogen-bond acceptors (Lipinski definition) is 4. The van der Waals surface area contributed by atoms with E-state index in [9.17, 15) is 4.79 Å². The fraction of sp³-hybridized carbons (Fsp3) is 0.417. The van der Waals surface area contributed by atoms with Crippen molar-refractivity contribution >= 4 is 11.8 Å². The molecular weight excluding hydrogens is 364 g/mol. The smallest absolute Gasteiger partial charge is 0.411 e. The van der Waals surface area contributed by atoms with Crippen molar-refractivity contribution in [3.63, 3.8) is 0 Å². The van der Waals surface area contributed by atoms with Gasteiger partial charge in [-0.15, -0.1) is 0 Å². The van der Waals surface area contributed by atoms with Gasteiger partial charge in [-0.2, -0.15) is 0 Å². The maximum Gasteiger partial charge on any atom is 0.411 e. The molecule has 1 aromatic carbocycles. The highest BCUT2D eigenvalue weighted by Gasteiger charge is 2.54. The van der Waals surface area contributed by atoms with Gasteiger partial charge >= 0.3 is 6.09 Å². The number of para-hydroxylation sites is 1. The molecule has 152 valence electrons. The zero-order valence-corrected chi connectivity index (χ0v) is 17.2. The first-order valence-corrected chi connectivity index (χ1v) is 10.2. The van der Waals surface area contributed by atoms with Crippen LogP contribution in [0.25, 0.3) is 0 Å². The van der Waals surface area contributed by atoms with Crippen molar-refractivity contribution in [3.05, 3.63) is 72.1 Å². The van der Waals surface area contributed by atoms with Gasteiger partial charge in [0.05, 0.1) is 12.7 Å². The van der Waals surface area contributed by atoms with Crippen molar-refractivity contribution in [2.24, 2.45) is 23.2 Å². The summed E-state index contributed by atoms with van der Waals surface area (Å²) < 4.78 is 12.1. The van der Waals surface area contributed by atoms with Crippen LogP contribution >= 0.6 is 0 Å². The Morgan fingerprint density at radius 1 is 1.24 bits per heavy atom. The van der Waals surface area contributed by atoms with E-state index in [-0.39, 0.29) is 23.4 Å². The highest BCUT2D eigenvalue weighted by molar-refractivity contribution is 5.84. The quantitative estimate of drug-likeness (QED) is 0.723. The summed E-state index contributed by atoms with van der Waals surface area (Å²) >= 11 is 0. The molecule has 2 bridgehead atoms. The van der Waals surface area contributed by atoms with Gasteiger partial charge < -0.3 is 9.47 Å². The molecule has 1 N–H and O–H groups in total. The maximum absolute atomic E-state index is 12.4. The molecule has 1 aromatic heterocycles. The van der Waals surface area contributed by atoms with E-state index in [1.807, 2.05) is 42.6 Å². The molecular formula is C24H28N2O3. The number of hydrogen-bond donors (Lipinski definition) is 1. The molecule has 5 heteroatoms. The second-order valence-electron chi connectivity index (χ2n) is 8.33. The van der Waals surface area contributed by atoms with Gasteiger partial charge in [0.25, 0.3) is 0 Å². The Labute approximate surface area is 172 Å². The van der Waals surface area contributed by atoms with Crippen LogP contribution in [0.15, 0.2) is 66.5 Å². The SMILES string of the molecule is CC1=C[C@@H](C)[C@@]2(COC(=O)Nc3ccccc3)CO[C@H](c3cccnc3)[C@@H]1[C@@H]2C. The first kappa shape index (κ1) is 19.6. The zero-order valence-electron chi connectivity index (χ0n) is 17.2. The fourth-order valence-corrected chi connectivity index (χ4v) is 4.98. The Kier molecular flexibility index (Phi) is 5.41. The third-order valence-electron chi connectivity index (χ3n) is 6.75. The fourth-order valence-electron chi connectivity index (χ4n) is 4.98. The van der Waals surface area contributed by atoms with Crippen LogP contribution in [0.1, 0.15) is 32.4 Å². The average Bonchev–Trinajstić information content (AvgIpc) is 2.73. The van der Waals surface area contributed by atoms with Crippen LogP contribution in [0.3, 0.4) is 0 Å². The monoisotopic (exact) mass is 392 g/mol. The Balaban J connectivity index is 1.52. The van der Waals surface area contributed by atoms with Gasteiger partial charge in [0.1, 0.15) is 6.61 Å². The Morgan fingerprint density at radius 2 is 2.03 bits per heavy atom. The molecule has 2 aliphatic rings. The van der Waals surface area contributed by atoms with Gasteiger partial charge in [-0.25, -0.2) is 4.79 Å². The lowest BCUT2D eigenvalue weighted by molar-refractivity contribution is -0.165. The number of carbonyl (C=O) groups excluding carboxylic acids is 1. The number of nitrogens with zero attached hydrogens (tertiary/aromatic N) is 1. The predicted molar refractivity (Wildman–Crippen MR) is 112 cm³/mol. The second-order valence-corrected chi connectivity index (χ2v) is 8.33. The standard InChI is InChI=1S/C24H28N2O3/c1-16-12-17(2)24(15-29-23(27)26-20-9-5-4-6-10-20)14-28-22(21(16)18(24)3)19-8-7-11-25-13-19/h4-13,17-18,21-22H,14-15H2,1-3H3,(H,26,27)/t17-,18+,21+,22-,24+/m1/s1. The molecule has 5 nitrogen and oxygen atoms in total. The third-order valence-corrected chi connectivity index (χ3v) is 6.75. The van der Waals surface area contributed by atoms with E-state index >= 15 is 0 Å². The molecule has 1 saturated heterocycles. The number of allylic oxidation sites excluding steroid dienone is 1. The first-order valence-electron chi connectivity index (χ1n) is 10.2. The summed E-state index contributed by atoms with van der Waals surface area (Å²) in [7, 11) is 0. The minimum atomic E-state index is -0.429. The molecule has 1 aliphatic heterocycles. The number of aromatic nitrogens is 1. The number of rotatable bonds is 4. The normalized spacial score (nSPS) is 30.9. The minimum absolute atomic E-state index is 0.0197. The molecule has 1 amide bonds. The lowest BCUT2D eigenvalue weighted by Gasteiger charge is -2.55. The van der Waals surface area contributed by atoms with Gasteiger partial charge in [-0.05, 0) is 42.5 Å². The van der Waals surface area contributed by atoms with Crippen LogP contribution in [0.4, 0.5) is 10.5 Å². The molecule has 2 aromatic rings. The van der Waals surface area contributed by atoms with Gasteiger partial charge in [-0.1, -0.05) is 49.8 Å². The largest absolute Gasteiger partial charge is 0.449 e. The van der Waals surface area contributed by atoms with Crippen molar-refractivity contribution in [2.45, 2.75) is 26.9 Å². The molecule has 0 saturated carbocycles. The molecule has 1 aliphatic carbocycles. The number of carbonyl (C=O) groups is 1. The first-order chi connectivity index (χ1) is 14.0. The van der Waals surface area contributed by atoms with E-state index < -0.39 is 6.09 Å². The van der Waals surface area contributed by atoms with Gasteiger partial charge in [0, 0.05) is 29.4 Å². The number of fused-ring (bicyclic) bond motifs is 2. The average molecular weight is 392 g/mol. The number of benzene rings is 1. The highest BCUT2D eigenvalue weighted by Crippen LogP contribution is 2.56. The second kappa shape index (κ2) is 7.99. The highest BCUT2D eigenvalue weighted by atomic mass is 16.6. The van der Waals surface area contributed by atoms with Gasteiger partial charge in [0.2, 0.25) is 0 Å². The van der Waals surface area contributed by atoms with E-state index in [2.05, 4.69) is 43.2 Å². The van der Waals surface area contributed by atoms with Crippen molar-refractivity contribution < 1.29 is 14.3 Å². The lowest BCUT2D eigenvalue weighted by atomic mass is 9.56. The van der Waals surface area contributed by atoms with Crippen LogP contribution in [0.5, 0.6) is 0 Å². The summed E-state index contributed by atoms with van der Waals surface area (Å²) in [6, 6.07) is 13.4. The maximum atomic E-state index is 12.4. The van der Waals surface area contributed by atoms with E-state index in [0.717, 1.165) is 11.3 Å². The number of pyridine rings is 1. The van der Waals surface area contributed by atoms with Crippen molar-refractivity contribution in [2.75, 3.05) is 18.5 Å².